The predicted molar refractivity (Wildman–Crippen MR) is 89.3 cm³/mol. The maximum absolute atomic E-state index is 5.96. The molecule has 1 aliphatic rings. The highest BCUT2D eigenvalue weighted by molar-refractivity contribution is 5.78. The lowest BCUT2D eigenvalue weighted by atomic mass is 9.85. The van der Waals surface area contributed by atoms with Crippen LogP contribution in [-0.2, 0) is 13.6 Å². The number of rotatable bonds is 5. The fourth-order valence-corrected chi connectivity index (χ4v) is 2.66. The number of hydrogen-bond donors (Lipinski definition) is 2. The number of benzene rings is 1. The Morgan fingerprint density at radius 2 is 2.14 bits per heavy atom. The van der Waals surface area contributed by atoms with E-state index in [9.17, 15) is 0 Å². The Morgan fingerprint density at radius 1 is 1.36 bits per heavy atom. The van der Waals surface area contributed by atoms with E-state index in [1.54, 1.807) is 0 Å². The summed E-state index contributed by atoms with van der Waals surface area (Å²) in [7, 11) is 1.93. The quantitative estimate of drug-likeness (QED) is 0.657. The standard InChI is InChI=1S/C17H23N5/c1-22-12-15(16(21-22)14-8-3-2-4-9-14)11-20-17(18)19-10-13-6-5-7-13/h2-4,8-9,12-13H,5-7,10-11H2,1H3,(H3,18,19,20). The molecule has 0 atom stereocenters. The summed E-state index contributed by atoms with van der Waals surface area (Å²) in [6, 6.07) is 10.2. The third-order valence-corrected chi connectivity index (χ3v) is 4.17. The molecule has 0 amide bonds. The van der Waals surface area contributed by atoms with Gasteiger partial charge in [-0.25, -0.2) is 4.99 Å². The van der Waals surface area contributed by atoms with Crippen LogP contribution in [0.25, 0.3) is 11.3 Å². The largest absolute Gasteiger partial charge is 0.370 e. The van der Waals surface area contributed by atoms with Gasteiger partial charge in [-0.15, -0.1) is 0 Å². The first kappa shape index (κ1) is 14.6. The van der Waals surface area contributed by atoms with Gasteiger partial charge in [0.25, 0.3) is 0 Å². The number of nitrogens with two attached hydrogens (primary N) is 1. The summed E-state index contributed by atoms with van der Waals surface area (Å²) in [4.78, 5) is 4.45. The molecular weight excluding hydrogens is 274 g/mol. The van der Waals surface area contributed by atoms with Crippen molar-refractivity contribution in [3.8, 4) is 11.3 Å². The van der Waals surface area contributed by atoms with E-state index in [1.807, 2.05) is 36.1 Å². The predicted octanol–water partition coefficient (Wildman–Crippen LogP) is 2.29. The van der Waals surface area contributed by atoms with E-state index in [4.69, 9.17) is 5.73 Å². The SMILES string of the molecule is Cn1cc(CN=C(N)NCC2CCC2)c(-c2ccccc2)n1. The van der Waals surface area contributed by atoms with Crippen LogP contribution >= 0.6 is 0 Å². The van der Waals surface area contributed by atoms with Crippen LogP contribution in [0.3, 0.4) is 0 Å². The lowest BCUT2D eigenvalue weighted by Crippen LogP contribution is -2.37. The van der Waals surface area contributed by atoms with Crippen molar-refractivity contribution in [1.82, 2.24) is 15.1 Å². The van der Waals surface area contributed by atoms with Gasteiger partial charge in [-0.3, -0.25) is 4.68 Å². The molecule has 1 saturated carbocycles. The van der Waals surface area contributed by atoms with Crippen LogP contribution in [0.4, 0.5) is 0 Å². The highest BCUT2D eigenvalue weighted by atomic mass is 15.3. The summed E-state index contributed by atoms with van der Waals surface area (Å²) in [6.45, 7) is 1.48. The minimum atomic E-state index is 0.523. The number of guanidine groups is 1. The Balaban J connectivity index is 1.67. The van der Waals surface area contributed by atoms with Gasteiger partial charge in [0, 0.05) is 30.9 Å². The third kappa shape index (κ3) is 3.47. The van der Waals surface area contributed by atoms with Crippen LogP contribution in [0, 0.1) is 5.92 Å². The summed E-state index contributed by atoms with van der Waals surface area (Å²) in [5.74, 6) is 1.29. The number of hydrogen-bond acceptors (Lipinski definition) is 2. The number of aromatic nitrogens is 2. The Kier molecular flexibility index (Phi) is 4.42. The summed E-state index contributed by atoms with van der Waals surface area (Å²) >= 11 is 0. The molecule has 1 aromatic carbocycles. The molecule has 5 nitrogen and oxygen atoms in total. The second-order valence-corrected chi connectivity index (χ2v) is 5.92. The molecule has 0 radical (unpaired) electrons. The van der Waals surface area contributed by atoms with Gasteiger partial charge in [-0.2, -0.15) is 5.10 Å². The minimum Gasteiger partial charge on any atom is -0.370 e. The summed E-state index contributed by atoms with van der Waals surface area (Å²) in [6.07, 6.45) is 5.96. The van der Waals surface area contributed by atoms with E-state index in [0.717, 1.165) is 29.3 Å². The van der Waals surface area contributed by atoms with Gasteiger partial charge in [-0.05, 0) is 18.8 Å². The Hall–Kier alpha value is -2.30. The van der Waals surface area contributed by atoms with Crippen LogP contribution in [0.1, 0.15) is 24.8 Å². The van der Waals surface area contributed by atoms with Crippen molar-refractivity contribution in [2.75, 3.05) is 6.54 Å². The Morgan fingerprint density at radius 3 is 2.82 bits per heavy atom. The molecule has 5 heteroatoms. The zero-order valence-corrected chi connectivity index (χ0v) is 13.0. The molecule has 0 unspecified atom stereocenters. The topological polar surface area (TPSA) is 68.2 Å². The molecule has 1 fully saturated rings. The fraction of sp³-hybridized carbons (Fsp3) is 0.412. The third-order valence-electron chi connectivity index (χ3n) is 4.17. The summed E-state index contributed by atoms with van der Waals surface area (Å²) < 4.78 is 1.82. The smallest absolute Gasteiger partial charge is 0.188 e. The summed E-state index contributed by atoms with van der Waals surface area (Å²) in [5, 5.41) is 7.76. The molecule has 3 rings (SSSR count). The van der Waals surface area contributed by atoms with E-state index in [2.05, 4.69) is 27.5 Å². The molecule has 1 heterocycles. The van der Waals surface area contributed by atoms with E-state index in [1.165, 1.54) is 19.3 Å². The molecule has 0 saturated heterocycles. The van der Waals surface area contributed by atoms with Crippen LogP contribution < -0.4 is 11.1 Å². The first-order valence-corrected chi connectivity index (χ1v) is 7.84. The Labute approximate surface area is 131 Å². The lowest BCUT2D eigenvalue weighted by molar-refractivity contribution is 0.315. The van der Waals surface area contributed by atoms with Crippen molar-refractivity contribution in [2.45, 2.75) is 25.8 Å². The van der Waals surface area contributed by atoms with E-state index in [-0.39, 0.29) is 0 Å². The van der Waals surface area contributed by atoms with E-state index in [0.29, 0.717) is 12.5 Å². The number of aryl methyl sites for hydroxylation is 1. The van der Waals surface area contributed by atoms with Gasteiger partial charge >= 0.3 is 0 Å². The molecule has 1 aromatic heterocycles. The van der Waals surface area contributed by atoms with E-state index < -0.39 is 0 Å². The zero-order valence-electron chi connectivity index (χ0n) is 13.0. The molecule has 0 aliphatic heterocycles. The highest BCUT2D eigenvalue weighted by Gasteiger charge is 2.16. The van der Waals surface area contributed by atoms with Crippen LogP contribution in [0.15, 0.2) is 41.5 Å². The van der Waals surface area contributed by atoms with Crippen molar-refractivity contribution in [3.63, 3.8) is 0 Å². The van der Waals surface area contributed by atoms with Gasteiger partial charge < -0.3 is 11.1 Å². The van der Waals surface area contributed by atoms with Crippen LogP contribution in [0.5, 0.6) is 0 Å². The molecule has 22 heavy (non-hydrogen) atoms. The van der Waals surface area contributed by atoms with Crippen molar-refractivity contribution in [1.29, 1.82) is 0 Å². The highest BCUT2D eigenvalue weighted by Crippen LogP contribution is 2.25. The molecule has 116 valence electrons. The molecule has 3 N–H and O–H groups in total. The van der Waals surface area contributed by atoms with Gasteiger partial charge in [0.05, 0.1) is 12.2 Å². The van der Waals surface area contributed by atoms with Crippen LogP contribution in [0.2, 0.25) is 0 Å². The Bertz CT molecular complexity index is 640. The second kappa shape index (κ2) is 6.64. The van der Waals surface area contributed by atoms with Gasteiger partial charge in [0.2, 0.25) is 0 Å². The average Bonchev–Trinajstić information content (AvgIpc) is 2.85. The maximum Gasteiger partial charge on any atom is 0.188 e. The first-order chi connectivity index (χ1) is 10.7. The first-order valence-electron chi connectivity index (χ1n) is 7.84. The second-order valence-electron chi connectivity index (χ2n) is 5.92. The lowest BCUT2D eigenvalue weighted by Gasteiger charge is -2.25. The molecule has 0 bridgehead atoms. The normalized spacial score (nSPS) is 15.6. The number of aliphatic imine (C=N–C) groups is 1. The van der Waals surface area contributed by atoms with Crippen molar-refractivity contribution in [2.24, 2.45) is 23.7 Å². The van der Waals surface area contributed by atoms with Crippen molar-refractivity contribution in [3.05, 3.63) is 42.1 Å². The monoisotopic (exact) mass is 297 g/mol. The van der Waals surface area contributed by atoms with Crippen LogP contribution in [-0.4, -0.2) is 22.3 Å². The average molecular weight is 297 g/mol. The van der Waals surface area contributed by atoms with Crippen molar-refractivity contribution < 1.29 is 0 Å². The van der Waals surface area contributed by atoms with Gasteiger partial charge in [0.15, 0.2) is 5.96 Å². The molecular formula is C17H23N5. The molecule has 1 aliphatic carbocycles. The summed E-state index contributed by atoms with van der Waals surface area (Å²) in [5.41, 5.74) is 9.12. The maximum atomic E-state index is 5.96. The fourth-order valence-electron chi connectivity index (χ4n) is 2.66. The van der Waals surface area contributed by atoms with Gasteiger partial charge in [-0.1, -0.05) is 36.8 Å². The van der Waals surface area contributed by atoms with Crippen molar-refractivity contribution >= 4 is 5.96 Å². The number of nitrogens with zero attached hydrogens (tertiary/aromatic N) is 3. The van der Waals surface area contributed by atoms with E-state index >= 15 is 0 Å². The molecule has 2 aromatic rings. The number of nitrogens with one attached hydrogen (secondary N) is 1. The minimum absolute atomic E-state index is 0.523. The van der Waals surface area contributed by atoms with Gasteiger partial charge in [0.1, 0.15) is 0 Å². The zero-order chi connectivity index (χ0) is 15.4. The molecule has 0 spiro atoms.